The van der Waals surface area contributed by atoms with Gasteiger partial charge in [-0.05, 0) is 56.5 Å². The van der Waals surface area contributed by atoms with E-state index in [9.17, 15) is 4.79 Å². The third-order valence-electron chi connectivity index (χ3n) is 4.40. The second-order valence-corrected chi connectivity index (χ2v) is 8.60. The molecule has 0 spiro atoms. The number of piperidine rings is 1. The highest BCUT2D eigenvalue weighted by atomic mass is 79.9. The third-order valence-corrected chi connectivity index (χ3v) is 5.74. The minimum Gasteiger partial charge on any atom is -0.481 e. The quantitative estimate of drug-likeness (QED) is 0.720. The van der Waals surface area contributed by atoms with Crippen molar-refractivity contribution in [1.82, 2.24) is 9.88 Å². The molecule has 1 aliphatic heterocycles. The summed E-state index contributed by atoms with van der Waals surface area (Å²) >= 11 is 4.84. The van der Waals surface area contributed by atoms with Crippen LogP contribution in [0, 0.1) is 5.92 Å². The minimum absolute atomic E-state index is 0.194. The standard InChI is InChI=1S/C19H24BrN3O2S/c1-13-4-3-9-23(10-13)11-16-12-26-19(21-16)22-18(24)14(2)25-17-7-5-15(20)6-8-17/h5-8,12-14H,3-4,9-11H2,1-2H3,(H,21,22,24). The van der Waals surface area contributed by atoms with Gasteiger partial charge in [0.2, 0.25) is 0 Å². The first-order valence-electron chi connectivity index (χ1n) is 8.89. The van der Waals surface area contributed by atoms with Crippen molar-refractivity contribution in [3.05, 3.63) is 39.8 Å². The number of halogens is 1. The van der Waals surface area contributed by atoms with Crippen LogP contribution in [0.3, 0.4) is 0 Å². The van der Waals surface area contributed by atoms with Crippen molar-refractivity contribution in [2.75, 3.05) is 18.4 Å². The normalized spacial score (nSPS) is 19.1. The summed E-state index contributed by atoms with van der Waals surface area (Å²) in [5.41, 5.74) is 1.01. The third kappa shape index (κ3) is 5.53. The Morgan fingerprint density at radius 3 is 2.96 bits per heavy atom. The van der Waals surface area contributed by atoms with Crippen molar-refractivity contribution in [3.63, 3.8) is 0 Å². The molecule has 2 atom stereocenters. The number of carbonyl (C=O) groups is 1. The first-order valence-corrected chi connectivity index (χ1v) is 10.6. The molecule has 1 aromatic heterocycles. The van der Waals surface area contributed by atoms with Gasteiger partial charge in [-0.25, -0.2) is 4.98 Å². The van der Waals surface area contributed by atoms with Crippen LogP contribution in [0.25, 0.3) is 0 Å². The molecule has 7 heteroatoms. The SMILES string of the molecule is CC1CCCN(Cc2csc(NC(=O)C(C)Oc3ccc(Br)cc3)n2)C1. The van der Waals surface area contributed by atoms with Gasteiger partial charge in [0.1, 0.15) is 5.75 Å². The number of aromatic nitrogens is 1. The highest BCUT2D eigenvalue weighted by Gasteiger charge is 2.19. The van der Waals surface area contributed by atoms with E-state index in [2.05, 4.69) is 38.1 Å². The lowest BCUT2D eigenvalue weighted by molar-refractivity contribution is -0.122. The number of nitrogens with one attached hydrogen (secondary N) is 1. The smallest absolute Gasteiger partial charge is 0.266 e. The zero-order valence-electron chi connectivity index (χ0n) is 15.1. The Balaban J connectivity index is 1.51. The summed E-state index contributed by atoms with van der Waals surface area (Å²) in [7, 11) is 0. The van der Waals surface area contributed by atoms with Crippen LogP contribution in [0.1, 0.15) is 32.4 Å². The van der Waals surface area contributed by atoms with E-state index in [-0.39, 0.29) is 5.91 Å². The van der Waals surface area contributed by atoms with Gasteiger partial charge in [-0.15, -0.1) is 11.3 Å². The number of anilines is 1. The number of hydrogen-bond donors (Lipinski definition) is 1. The van der Waals surface area contributed by atoms with E-state index < -0.39 is 6.10 Å². The lowest BCUT2D eigenvalue weighted by Crippen LogP contribution is -2.33. The predicted molar refractivity (Wildman–Crippen MR) is 109 cm³/mol. The van der Waals surface area contributed by atoms with Crippen LogP contribution in [-0.2, 0) is 11.3 Å². The fourth-order valence-electron chi connectivity index (χ4n) is 3.07. The Hall–Kier alpha value is -1.44. The van der Waals surface area contributed by atoms with Gasteiger partial charge in [0.05, 0.1) is 5.69 Å². The van der Waals surface area contributed by atoms with Crippen molar-refractivity contribution in [2.45, 2.75) is 39.3 Å². The van der Waals surface area contributed by atoms with Crippen LogP contribution in [0.15, 0.2) is 34.1 Å². The average Bonchev–Trinajstić information content (AvgIpc) is 3.03. The zero-order chi connectivity index (χ0) is 18.5. The molecule has 1 saturated heterocycles. The van der Waals surface area contributed by atoms with Crippen LogP contribution < -0.4 is 10.1 Å². The number of rotatable bonds is 6. The molecule has 1 aliphatic rings. The van der Waals surface area contributed by atoms with Crippen molar-refractivity contribution in [3.8, 4) is 5.75 Å². The van der Waals surface area contributed by atoms with Gasteiger partial charge < -0.3 is 4.74 Å². The van der Waals surface area contributed by atoms with Gasteiger partial charge in [0.25, 0.3) is 5.91 Å². The summed E-state index contributed by atoms with van der Waals surface area (Å²) in [6.45, 7) is 7.13. The molecule has 0 aliphatic carbocycles. The van der Waals surface area contributed by atoms with Gasteiger partial charge in [0, 0.05) is 22.9 Å². The molecule has 1 fully saturated rings. The predicted octanol–water partition coefficient (Wildman–Crippen LogP) is 4.54. The Labute approximate surface area is 166 Å². The van der Waals surface area contributed by atoms with E-state index in [1.54, 1.807) is 6.92 Å². The summed E-state index contributed by atoms with van der Waals surface area (Å²) in [6.07, 6.45) is 1.97. The first kappa shape index (κ1) is 19.3. The van der Waals surface area contributed by atoms with E-state index in [0.29, 0.717) is 10.9 Å². The number of likely N-dealkylation sites (tertiary alicyclic amines) is 1. The van der Waals surface area contributed by atoms with E-state index in [4.69, 9.17) is 4.74 Å². The maximum absolute atomic E-state index is 12.3. The Morgan fingerprint density at radius 2 is 2.23 bits per heavy atom. The van der Waals surface area contributed by atoms with Gasteiger partial charge >= 0.3 is 0 Å². The summed E-state index contributed by atoms with van der Waals surface area (Å²) < 4.78 is 6.65. The molecule has 1 N–H and O–H groups in total. The lowest BCUT2D eigenvalue weighted by Gasteiger charge is -2.30. The lowest BCUT2D eigenvalue weighted by atomic mass is 10.0. The largest absolute Gasteiger partial charge is 0.481 e. The average molecular weight is 438 g/mol. The molecule has 2 aromatic rings. The van der Waals surface area contributed by atoms with Crippen molar-refractivity contribution in [1.29, 1.82) is 0 Å². The summed E-state index contributed by atoms with van der Waals surface area (Å²) in [5.74, 6) is 1.22. The van der Waals surface area contributed by atoms with Gasteiger partial charge in [-0.3, -0.25) is 15.0 Å². The first-order chi connectivity index (χ1) is 12.5. The molecule has 26 heavy (non-hydrogen) atoms. The van der Waals surface area contributed by atoms with Crippen LogP contribution in [0.2, 0.25) is 0 Å². The Morgan fingerprint density at radius 1 is 1.46 bits per heavy atom. The monoisotopic (exact) mass is 437 g/mol. The van der Waals surface area contributed by atoms with E-state index in [1.165, 1.54) is 24.2 Å². The molecule has 140 valence electrons. The molecule has 1 amide bonds. The number of hydrogen-bond acceptors (Lipinski definition) is 5. The molecule has 0 saturated carbocycles. The van der Waals surface area contributed by atoms with Crippen LogP contribution >= 0.6 is 27.3 Å². The van der Waals surface area contributed by atoms with Crippen LogP contribution in [-0.4, -0.2) is 35.0 Å². The van der Waals surface area contributed by atoms with Crippen molar-refractivity contribution in [2.24, 2.45) is 5.92 Å². The Kier molecular flexibility index (Phi) is 6.67. The van der Waals surface area contributed by atoms with Crippen LogP contribution in [0.5, 0.6) is 5.75 Å². The number of amides is 1. The van der Waals surface area contributed by atoms with Crippen molar-refractivity contribution >= 4 is 38.3 Å². The summed E-state index contributed by atoms with van der Waals surface area (Å²) in [4.78, 5) is 19.3. The second-order valence-electron chi connectivity index (χ2n) is 6.83. The number of nitrogens with zero attached hydrogens (tertiary/aromatic N) is 2. The molecular weight excluding hydrogens is 414 g/mol. The van der Waals surface area contributed by atoms with Crippen LogP contribution in [0.4, 0.5) is 5.13 Å². The molecular formula is C19H24BrN3O2S. The molecule has 3 rings (SSSR count). The highest BCUT2D eigenvalue weighted by Crippen LogP contribution is 2.22. The molecule has 0 bridgehead atoms. The number of ether oxygens (including phenoxy) is 1. The van der Waals surface area contributed by atoms with E-state index >= 15 is 0 Å². The number of benzene rings is 1. The zero-order valence-corrected chi connectivity index (χ0v) is 17.5. The highest BCUT2D eigenvalue weighted by molar-refractivity contribution is 9.10. The minimum atomic E-state index is -0.591. The number of thiazole rings is 1. The molecule has 2 heterocycles. The topological polar surface area (TPSA) is 54.5 Å². The van der Waals surface area contributed by atoms with Gasteiger partial charge in [-0.2, -0.15) is 0 Å². The van der Waals surface area contributed by atoms with Crippen molar-refractivity contribution < 1.29 is 9.53 Å². The Bertz CT molecular complexity index is 735. The van der Waals surface area contributed by atoms with Gasteiger partial charge in [-0.1, -0.05) is 22.9 Å². The molecule has 2 unspecified atom stereocenters. The molecule has 0 radical (unpaired) electrons. The fourth-order valence-corrected chi connectivity index (χ4v) is 4.04. The van der Waals surface area contributed by atoms with E-state index in [1.807, 2.05) is 29.6 Å². The fraction of sp³-hybridized carbons (Fsp3) is 0.474. The maximum Gasteiger partial charge on any atom is 0.266 e. The summed E-state index contributed by atoms with van der Waals surface area (Å²) in [6, 6.07) is 7.42. The molecule has 5 nitrogen and oxygen atoms in total. The van der Waals surface area contributed by atoms with Gasteiger partial charge in [0.15, 0.2) is 11.2 Å². The second kappa shape index (κ2) is 8.97. The number of carbonyl (C=O) groups excluding carboxylic acids is 1. The van der Waals surface area contributed by atoms with E-state index in [0.717, 1.165) is 35.7 Å². The maximum atomic E-state index is 12.3. The summed E-state index contributed by atoms with van der Waals surface area (Å²) in [5, 5.41) is 5.50. The molecule has 1 aromatic carbocycles.